The topological polar surface area (TPSA) is 116 Å². The van der Waals surface area contributed by atoms with Crippen molar-refractivity contribution >= 4 is 22.7 Å². The van der Waals surface area contributed by atoms with Crippen molar-refractivity contribution in [2.75, 3.05) is 37.4 Å². The van der Waals surface area contributed by atoms with E-state index in [1.807, 2.05) is 6.20 Å². The summed E-state index contributed by atoms with van der Waals surface area (Å²) in [6.07, 6.45) is 10.7. The third kappa shape index (κ3) is 4.07. The minimum absolute atomic E-state index is 0.344. The fourth-order valence-electron chi connectivity index (χ4n) is 4.45. The zero-order valence-electron chi connectivity index (χ0n) is 18.0. The van der Waals surface area contributed by atoms with Gasteiger partial charge in [-0.1, -0.05) is 6.92 Å². The van der Waals surface area contributed by atoms with Crippen molar-refractivity contribution < 1.29 is 4.74 Å². The molecule has 164 valence electrons. The molecule has 0 atom stereocenters. The van der Waals surface area contributed by atoms with E-state index in [9.17, 15) is 0 Å². The molecule has 5 rings (SSSR count). The Balaban J connectivity index is 1.54. The van der Waals surface area contributed by atoms with Crippen molar-refractivity contribution in [3.63, 3.8) is 0 Å². The van der Waals surface area contributed by atoms with E-state index >= 15 is 0 Å². The van der Waals surface area contributed by atoms with Crippen molar-refractivity contribution in [1.29, 1.82) is 0 Å². The molecule has 0 aromatic carbocycles. The van der Waals surface area contributed by atoms with Crippen molar-refractivity contribution in [2.45, 2.75) is 51.1 Å². The maximum atomic E-state index is 6.20. The highest BCUT2D eigenvalue weighted by Gasteiger charge is 2.21. The van der Waals surface area contributed by atoms with Crippen molar-refractivity contribution in [3.05, 3.63) is 24.3 Å². The molecular formula is C22H30N8O. The first-order valence-electron chi connectivity index (χ1n) is 11.3. The molecule has 5 heterocycles. The van der Waals surface area contributed by atoms with Crippen LogP contribution in [-0.2, 0) is 11.2 Å². The average molecular weight is 423 g/mol. The number of hydrogen-bond acceptors (Lipinski definition) is 8. The Kier molecular flexibility index (Phi) is 5.69. The second-order valence-electron chi connectivity index (χ2n) is 8.35. The van der Waals surface area contributed by atoms with Gasteiger partial charge in [0, 0.05) is 42.8 Å². The fraction of sp³-hybridized carbons (Fsp3) is 0.545. The minimum Gasteiger partial charge on any atom is -0.382 e. The van der Waals surface area contributed by atoms with E-state index < -0.39 is 0 Å². The summed E-state index contributed by atoms with van der Waals surface area (Å²) in [7, 11) is 0. The average Bonchev–Trinajstić information content (AvgIpc) is 3.30. The van der Waals surface area contributed by atoms with Crippen LogP contribution in [0.5, 0.6) is 0 Å². The molecule has 9 heteroatoms. The SMILES string of the molecule is CCc1nc2c(N)ncc(-c3cnn(C4CCNCC4)c3)c2nc1NC1CCOCC1. The van der Waals surface area contributed by atoms with E-state index in [2.05, 4.69) is 38.5 Å². The van der Waals surface area contributed by atoms with Gasteiger partial charge in [-0.15, -0.1) is 0 Å². The maximum Gasteiger partial charge on any atom is 0.151 e. The number of nitrogens with two attached hydrogens (primary N) is 1. The zero-order chi connectivity index (χ0) is 21.2. The lowest BCUT2D eigenvalue weighted by Crippen LogP contribution is -2.29. The van der Waals surface area contributed by atoms with Crippen molar-refractivity contribution in [1.82, 2.24) is 30.0 Å². The second-order valence-corrected chi connectivity index (χ2v) is 8.35. The molecule has 2 saturated heterocycles. The number of pyridine rings is 1. The summed E-state index contributed by atoms with van der Waals surface area (Å²) in [5.41, 5.74) is 10.4. The molecule has 2 aliphatic rings. The van der Waals surface area contributed by atoms with E-state index in [1.165, 1.54) is 0 Å². The standard InChI is InChI=1S/C22H30N8O/c1-2-18-22(27-15-5-9-31-10-6-15)29-19-17(12-25-21(23)20(19)28-18)14-11-26-30(13-14)16-3-7-24-8-4-16/h11-13,15-16,24H,2-10H2,1H3,(H2,23,25)(H,27,29). The molecular weight excluding hydrogens is 392 g/mol. The first-order chi connectivity index (χ1) is 15.2. The number of aromatic nitrogens is 5. The van der Waals surface area contributed by atoms with Crippen LogP contribution in [0.4, 0.5) is 11.6 Å². The Hall–Kier alpha value is -2.78. The molecule has 0 spiro atoms. The Labute approximate surface area is 181 Å². The predicted molar refractivity (Wildman–Crippen MR) is 121 cm³/mol. The number of nitrogen functional groups attached to an aromatic ring is 1. The molecule has 0 radical (unpaired) electrons. The van der Waals surface area contributed by atoms with Crippen LogP contribution < -0.4 is 16.4 Å². The van der Waals surface area contributed by atoms with Gasteiger partial charge >= 0.3 is 0 Å². The third-order valence-electron chi connectivity index (χ3n) is 6.29. The van der Waals surface area contributed by atoms with Gasteiger partial charge in [-0.25, -0.2) is 15.0 Å². The monoisotopic (exact) mass is 422 g/mol. The van der Waals surface area contributed by atoms with Gasteiger partial charge in [-0.05, 0) is 45.2 Å². The number of nitrogens with zero attached hydrogens (tertiary/aromatic N) is 5. The van der Waals surface area contributed by atoms with E-state index in [0.29, 0.717) is 23.4 Å². The van der Waals surface area contributed by atoms with Gasteiger partial charge in [-0.3, -0.25) is 4.68 Å². The minimum atomic E-state index is 0.344. The molecule has 0 bridgehead atoms. The van der Waals surface area contributed by atoms with Crippen LogP contribution >= 0.6 is 0 Å². The summed E-state index contributed by atoms with van der Waals surface area (Å²) in [6.45, 7) is 5.69. The van der Waals surface area contributed by atoms with Crippen LogP contribution in [0.1, 0.15) is 44.3 Å². The lowest BCUT2D eigenvalue weighted by molar-refractivity contribution is 0.0903. The predicted octanol–water partition coefficient (Wildman–Crippen LogP) is 2.55. The van der Waals surface area contributed by atoms with Crippen LogP contribution in [0.2, 0.25) is 0 Å². The maximum absolute atomic E-state index is 6.20. The summed E-state index contributed by atoms with van der Waals surface area (Å²) in [5, 5.41) is 11.7. The van der Waals surface area contributed by atoms with Crippen LogP contribution in [0.3, 0.4) is 0 Å². The highest BCUT2D eigenvalue weighted by atomic mass is 16.5. The highest BCUT2D eigenvalue weighted by molar-refractivity contribution is 5.96. The van der Waals surface area contributed by atoms with Crippen LogP contribution in [0.15, 0.2) is 18.6 Å². The number of rotatable bonds is 5. The van der Waals surface area contributed by atoms with Crippen molar-refractivity contribution in [2.24, 2.45) is 0 Å². The van der Waals surface area contributed by atoms with Gasteiger partial charge in [0.1, 0.15) is 16.9 Å². The Morgan fingerprint density at radius 3 is 2.71 bits per heavy atom. The lowest BCUT2D eigenvalue weighted by Gasteiger charge is -2.24. The smallest absolute Gasteiger partial charge is 0.151 e. The van der Waals surface area contributed by atoms with Gasteiger partial charge < -0.3 is 21.1 Å². The first-order valence-corrected chi connectivity index (χ1v) is 11.3. The molecule has 0 amide bonds. The molecule has 0 aliphatic carbocycles. The van der Waals surface area contributed by atoms with Gasteiger partial charge in [-0.2, -0.15) is 5.10 Å². The van der Waals surface area contributed by atoms with E-state index in [-0.39, 0.29) is 0 Å². The second kappa shape index (κ2) is 8.76. The molecule has 2 aliphatic heterocycles. The number of aryl methyl sites for hydroxylation is 1. The van der Waals surface area contributed by atoms with Gasteiger partial charge in [0.25, 0.3) is 0 Å². The van der Waals surface area contributed by atoms with Gasteiger partial charge in [0.05, 0.1) is 17.9 Å². The fourth-order valence-corrected chi connectivity index (χ4v) is 4.45. The van der Waals surface area contributed by atoms with Gasteiger partial charge in [0.15, 0.2) is 5.82 Å². The Morgan fingerprint density at radius 2 is 1.94 bits per heavy atom. The number of nitrogens with one attached hydrogen (secondary N) is 2. The molecule has 3 aromatic rings. The molecule has 31 heavy (non-hydrogen) atoms. The molecule has 2 fully saturated rings. The summed E-state index contributed by atoms with van der Waals surface area (Å²) < 4.78 is 7.57. The number of hydrogen-bond donors (Lipinski definition) is 3. The third-order valence-corrected chi connectivity index (χ3v) is 6.29. The molecule has 4 N–H and O–H groups in total. The highest BCUT2D eigenvalue weighted by Crippen LogP contribution is 2.32. The molecule has 3 aromatic heterocycles. The largest absolute Gasteiger partial charge is 0.382 e. The molecule has 0 unspecified atom stereocenters. The molecule has 9 nitrogen and oxygen atoms in total. The Bertz CT molecular complexity index is 1050. The number of piperidine rings is 1. The Morgan fingerprint density at radius 1 is 1.13 bits per heavy atom. The van der Waals surface area contributed by atoms with Crippen LogP contribution in [0, 0.1) is 0 Å². The van der Waals surface area contributed by atoms with Crippen molar-refractivity contribution in [3.8, 4) is 11.1 Å². The number of fused-ring (bicyclic) bond motifs is 1. The zero-order valence-corrected chi connectivity index (χ0v) is 18.0. The molecule has 0 saturated carbocycles. The van der Waals surface area contributed by atoms with Crippen LogP contribution in [-0.4, -0.2) is 57.1 Å². The quantitative estimate of drug-likeness (QED) is 0.574. The number of ether oxygens (including phenoxy) is 1. The number of anilines is 2. The van der Waals surface area contributed by atoms with E-state index in [4.69, 9.17) is 20.4 Å². The lowest BCUT2D eigenvalue weighted by atomic mass is 10.1. The summed E-state index contributed by atoms with van der Waals surface area (Å²) in [5.74, 6) is 1.24. The van der Waals surface area contributed by atoms with Crippen LogP contribution in [0.25, 0.3) is 22.2 Å². The van der Waals surface area contributed by atoms with E-state index in [1.54, 1.807) is 6.20 Å². The van der Waals surface area contributed by atoms with Gasteiger partial charge in [0.2, 0.25) is 0 Å². The first kappa shape index (κ1) is 20.1. The van der Waals surface area contributed by atoms with E-state index in [0.717, 1.165) is 86.6 Å². The summed E-state index contributed by atoms with van der Waals surface area (Å²) in [4.78, 5) is 14.3. The summed E-state index contributed by atoms with van der Waals surface area (Å²) in [6, 6.07) is 0.766. The summed E-state index contributed by atoms with van der Waals surface area (Å²) >= 11 is 0. The normalized spacial score (nSPS) is 18.5.